The van der Waals surface area contributed by atoms with Crippen molar-refractivity contribution in [3.8, 4) is 5.75 Å². The summed E-state index contributed by atoms with van der Waals surface area (Å²) in [4.78, 5) is 27.6. The summed E-state index contributed by atoms with van der Waals surface area (Å²) in [5, 5.41) is 3.63. The molecule has 0 aliphatic carbocycles. The lowest BCUT2D eigenvalue weighted by Crippen LogP contribution is -2.36. The predicted octanol–water partition coefficient (Wildman–Crippen LogP) is 6.96. The third-order valence-corrected chi connectivity index (χ3v) is 7.36. The van der Waals surface area contributed by atoms with E-state index < -0.39 is 0 Å². The van der Waals surface area contributed by atoms with E-state index in [1.54, 1.807) is 23.1 Å². The first kappa shape index (κ1) is 26.8. The average molecular weight is 535 g/mol. The maximum absolute atomic E-state index is 13.4. The minimum atomic E-state index is -0.229. The van der Waals surface area contributed by atoms with E-state index in [1.165, 1.54) is 18.6 Å². The molecule has 192 valence electrons. The van der Waals surface area contributed by atoms with Gasteiger partial charge < -0.3 is 10.1 Å². The summed E-state index contributed by atoms with van der Waals surface area (Å²) in [5.41, 5.74) is 3.04. The molecule has 1 heterocycles. The van der Waals surface area contributed by atoms with Crippen molar-refractivity contribution in [1.29, 1.82) is 0 Å². The molecule has 5 nitrogen and oxygen atoms in total. The van der Waals surface area contributed by atoms with Crippen LogP contribution in [0.15, 0.2) is 78.6 Å². The molecule has 1 aliphatic heterocycles. The van der Waals surface area contributed by atoms with Crippen molar-refractivity contribution in [3.05, 3.63) is 100 Å². The van der Waals surface area contributed by atoms with Crippen molar-refractivity contribution in [2.45, 2.75) is 32.7 Å². The van der Waals surface area contributed by atoms with Crippen LogP contribution in [0.2, 0.25) is 5.02 Å². The molecule has 0 aromatic heterocycles. The van der Waals surface area contributed by atoms with Crippen LogP contribution in [0.25, 0.3) is 6.08 Å². The quantitative estimate of drug-likeness (QED) is 0.213. The second-order valence-corrected chi connectivity index (χ2v) is 10.5. The lowest BCUT2D eigenvalue weighted by atomic mass is 10.1. The monoisotopic (exact) mass is 534 g/mol. The fourth-order valence-corrected chi connectivity index (χ4v) is 5.07. The van der Waals surface area contributed by atoms with Gasteiger partial charge in [-0.1, -0.05) is 61.3 Å². The number of ether oxygens (including phenoxy) is 1. The Bertz CT molecular complexity index is 1240. The van der Waals surface area contributed by atoms with Gasteiger partial charge in [0.05, 0.1) is 12.2 Å². The number of benzene rings is 3. The van der Waals surface area contributed by atoms with E-state index in [1.807, 2.05) is 72.4 Å². The number of hydrogen-bond acceptors (Lipinski definition) is 4. The fraction of sp³-hybridized carbons (Fsp3) is 0.267. The van der Waals surface area contributed by atoms with Crippen molar-refractivity contribution in [3.63, 3.8) is 0 Å². The molecule has 7 heteroatoms. The van der Waals surface area contributed by atoms with Crippen molar-refractivity contribution >= 4 is 46.9 Å². The number of nitrogens with zero attached hydrogens (tertiary/aromatic N) is 1. The molecule has 0 fully saturated rings. The summed E-state index contributed by atoms with van der Waals surface area (Å²) in [6.07, 6.45) is 5.12. The Hall–Kier alpha value is -3.22. The summed E-state index contributed by atoms with van der Waals surface area (Å²) in [6, 6.07) is 22.1. The first-order chi connectivity index (χ1) is 18.0. The highest BCUT2D eigenvalue weighted by Gasteiger charge is 2.30. The number of para-hydroxylation sites is 2. The number of thioether (sulfide) groups is 1. The first-order valence-corrected chi connectivity index (χ1v) is 14.1. The van der Waals surface area contributed by atoms with Gasteiger partial charge in [0, 0.05) is 17.1 Å². The molecule has 0 atom stereocenters. The topological polar surface area (TPSA) is 58.6 Å². The number of carbonyl (C=O) groups excluding carboxylic acids is 2. The molecular formula is C30H31ClN2O3S. The summed E-state index contributed by atoms with van der Waals surface area (Å²) in [6.45, 7) is 3.25. The Morgan fingerprint density at radius 1 is 1.00 bits per heavy atom. The van der Waals surface area contributed by atoms with Crippen LogP contribution in [-0.4, -0.2) is 29.9 Å². The van der Waals surface area contributed by atoms with Crippen LogP contribution in [0.3, 0.4) is 0 Å². The Balaban J connectivity index is 1.42. The number of rotatable bonds is 11. The molecule has 3 aromatic rings. The maximum atomic E-state index is 13.4. The lowest BCUT2D eigenvalue weighted by Gasteiger charge is -2.30. The fourth-order valence-electron chi connectivity index (χ4n) is 3.90. The van der Waals surface area contributed by atoms with E-state index in [-0.39, 0.29) is 17.6 Å². The number of anilines is 1. The number of nitrogens with one attached hydrogen (secondary N) is 1. The third kappa shape index (κ3) is 7.40. The Kier molecular flexibility index (Phi) is 9.69. The molecule has 0 radical (unpaired) electrons. The molecule has 4 rings (SSSR count). The standard InChI is InChI=1S/C30H31ClN2O3S/c1-2-3-18-37-19-6-17-32-29(34)24-13-9-22(10-14-24)20-28-30(35)33(21-23-11-15-25(31)16-12-23)26-7-4-5-8-27(26)36-28/h4-5,7-16,20H,2-3,6,17-19,21H2,1H3,(H,32,34)/b28-20-. The summed E-state index contributed by atoms with van der Waals surface area (Å²) in [5.74, 6) is 2.76. The van der Waals surface area contributed by atoms with Crippen LogP contribution in [0.1, 0.15) is 47.7 Å². The largest absolute Gasteiger partial charge is 0.449 e. The number of amides is 2. The Morgan fingerprint density at radius 2 is 1.73 bits per heavy atom. The molecule has 37 heavy (non-hydrogen) atoms. The number of hydrogen-bond donors (Lipinski definition) is 1. The van der Waals surface area contributed by atoms with E-state index in [2.05, 4.69) is 12.2 Å². The van der Waals surface area contributed by atoms with Crippen LogP contribution < -0.4 is 15.0 Å². The lowest BCUT2D eigenvalue weighted by molar-refractivity contribution is -0.117. The second kappa shape index (κ2) is 13.4. The van der Waals surface area contributed by atoms with E-state index >= 15 is 0 Å². The van der Waals surface area contributed by atoms with Gasteiger partial charge in [-0.25, -0.2) is 0 Å². The maximum Gasteiger partial charge on any atom is 0.294 e. The minimum absolute atomic E-state index is 0.0918. The molecule has 0 spiro atoms. The molecular weight excluding hydrogens is 504 g/mol. The van der Waals surface area contributed by atoms with Crippen molar-refractivity contribution in [2.75, 3.05) is 23.0 Å². The molecule has 0 saturated carbocycles. The normalized spacial score (nSPS) is 13.8. The molecule has 0 saturated heterocycles. The minimum Gasteiger partial charge on any atom is -0.449 e. The predicted molar refractivity (Wildman–Crippen MR) is 153 cm³/mol. The van der Waals surface area contributed by atoms with E-state index in [0.29, 0.717) is 29.4 Å². The van der Waals surface area contributed by atoms with Crippen LogP contribution in [-0.2, 0) is 11.3 Å². The van der Waals surface area contributed by atoms with Gasteiger partial charge in [-0.2, -0.15) is 11.8 Å². The van der Waals surface area contributed by atoms with Gasteiger partial charge in [-0.3, -0.25) is 14.5 Å². The zero-order chi connectivity index (χ0) is 26.0. The molecule has 1 aliphatic rings. The van der Waals surface area contributed by atoms with Gasteiger partial charge in [0.1, 0.15) is 0 Å². The van der Waals surface area contributed by atoms with Gasteiger partial charge >= 0.3 is 0 Å². The van der Waals surface area contributed by atoms with Crippen molar-refractivity contribution in [2.24, 2.45) is 0 Å². The van der Waals surface area contributed by atoms with Crippen LogP contribution in [0.5, 0.6) is 5.75 Å². The summed E-state index contributed by atoms with van der Waals surface area (Å²) < 4.78 is 5.98. The molecule has 3 aromatic carbocycles. The van der Waals surface area contributed by atoms with Gasteiger partial charge in [0.15, 0.2) is 11.5 Å². The zero-order valence-corrected chi connectivity index (χ0v) is 22.5. The van der Waals surface area contributed by atoms with Crippen LogP contribution >= 0.6 is 23.4 Å². The van der Waals surface area contributed by atoms with Crippen molar-refractivity contribution < 1.29 is 14.3 Å². The highest BCUT2D eigenvalue weighted by Crippen LogP contribution is 2.36. The van der Waals surface area contributed by atoms with E-state index in [4.69, 9.17) is 16.3 Å². The van der Waals surface area contributed by atoms with Crippen LogP contribution in [0, 0.1) is 0 Å². The second-order valence-electron chi connectivity index (χ2n) is 8.79. The molecule has 2 amide bonds. The SMILES string of the molecule is CCCCSCCCNC(=O)c1ccc(/C=C2\Oc3ccccc3N(Cc3ccc(Cl)cc3)C2=O)cc1. The highest BCUT2D eigenvalue weighted by atomic mass is 35.5. The average Bonchev–Trinajstić information content (AvgIpc) is 2.92. The Labute approximate surface area is 227 Å². The Morgan fingerprint density at radius 3 is 2.49 bits per heavy atom. The first-order valence-electron chi connectivity index (χ1n) is 12.6. The molecule has 1 N–H and O–H groups in total. The van der Waals surface area contributed by atoms with E-state index in [9.17, 15) is 9.59 Å². The van der Waals surface area contributed by atoms with Gasteiger partial charge in [0.25, 0.3) is 11.8 Å². The van der Waals surface area contributed by atoms with E-state index in [0.717, 1.165) is 29.0 Å². The number of halogens is 1. The van der Waals surface area contributed by atoms with Crippen molar-refractivity contribution in [1.82, 2.24) is 5.32 Å². The zero-order valence-electron chi connectivity index (χ0n) is 20.9. The molecule has 0 bridgehead atoms. The number of unbranched alkanes of at least 4 members (excludes halogenated alkanes) is 1. The molecule has 0 unspecified atom stereocenters. The van der Waals surface area contributed by atoms with Gasteiger partial charge in [-0.15, -0.1) is 0 Å². The highest BCUT2D eigenvalue weighted by molar-refractivity contribution is 7.99. The van der Waals surface area contributed by atoms with Gasteiger partial charge in [-0.05, 0) is 77.9 Å². The smallest absolute Gasteiger partial charge is 0.294 e. The summed E-state index contributed by atoms with van der Waals surface area (Å²) >= 11 is 7.96. The van der Waals surface area contributed by atoms with Crippen LogP contribution in [0.4, 0.5) is 5.69 Å². The third-order valence-electron chi connectivity index (χ3n) is 5.95. The summed E-state index contributed by atoms with van der Waals surface area (Å²) in [7, 11) is 0. The number of fused-ring (bicyclic) bond motifs is 1. The number of carbonyl (C=O) groups is 2. The van der Waals surface area contributed by atoms with Gasteiger partial charge in [0.2, 0.25) is 0 Å².